The lowest BCUT2D eigenvalue weighted by Gasteiger charge is -2.30. The van der Waals surface area contributed by atoms with Crippen LogP contribution in [0.25, 0.3) is 22.3 Å². The van der Waals surface area contributed by atoms with E-state index in [9.17, 15) is 14.4 Å². The van der Waals surface area contributed by atoms with Crippen molar-refractivity contribution >= 4 is 22.8 Å². The van der Waals surface area contributed by atoms with Gasteiger partial charge in [0.25, 0.3) is 5.91 Å². The molecule has 1 amide bonds. The molecule has 2 aromatic carbocycles. The second-order valence-corrected chi connectivity index (χ2v) is 8.10. The van der Waals surface area contributed by atoms with Crippen molar-refractivity contribution < 1.29 is 18.7 Å². The van der Waals surface area contributed by atoms with E-state index in [1.807, 2.05) is 30.3 Å². The second-order valence-electron chi connectivity index (χ2n) is 8.10. The zero-order valence-electron chi connectivity index (χ0n) is 17.7. The second kappa shape index (κ2) is 8.76. The van der Waals surface area contributed by atoms with E-state index in [1.54, 1.807) is 30.0 Å². The van der Waals surface area contributed by atoms with Crippen LogP contribution in [0.4, 0.5) is 0 Å². The van der Waals surface area contributed by atoms with E-state index in [0.29, 0.717) is 35.7 Å². The van der Waals surface area contributed by atoms with Gasteiger partial charge in [-0.25, -0.2) is 4.79 Å². The average molecular weight is 419 g/mol. The van der Waals surface area contributed by atoms with E-state index in [4.69, 9.17) is 9.15 Å². The van der Waals surface area contributed by atoms with Crippen LogP contribution >= 0.6 is 0 Å². The Morgan fingerprint density at radius 2 is 1.90 bits per heavy atom. The van der Waals surface area contributed by atoms with Crippen molar-refractivity contribution in [3.05, 3.63) is 69.9 Å². The van der Waals surface area contributed by atoms with E-state index in [0.717, 1.165) is 18.4 Å². The van der Waals surface area contributed by atoms with Crippen molar-refractivity contribution in [3.63, 3.8) is 0 Å². The van der Waals surface area contributed by atoms with Crippen LogP contribution < -0.4 is 5.43 Å². The summed E-state index contributed by atoms with van der Waals surface area (Å²) < 4.78 is 11.4. The molecule has 1 aliphatic rings. The molecule has 1 aliphatic heterocycles. The van der Waals surface area contributed by atoms with Crippen molar-refractivity contribution in [1.29, 1.82) is 0 Å². The van der Waals surface area contributed by atoms with Gasteiger partial charge in [0, 0.05) is 24.2 Å². The van der Waals surface area contributed by atoms with E-state index >= 15 is 0 Å². The van der Waals surface area contributed by atoms with Crippen LogP contribution in [-0.2, 0) is 9.53 Å². The van der Waals surface area contributed by atoms with Crippen molar-refractivity contribution in [2.24, 2.45) is 5.92 Å². The smallest absolute Gasteiger partial charge is 0.342 e. The van der Waals surface area contributed by atoms with Gasteiger partial charge in [0.2, 0.25) is 0 Å². The molecule has 0 bridgehead atoms. The standard InChI is InChI=1S/C25H25NO5/c1-16-8-7-13-26(14-16)21(27)15-30-25(29)20-12-6-11-19-22(28)17(2)23(31-24(19)20)18-9-4-3-5-10-18/h3-6,9-12,16H,7-8,13-15H2,1-2H3/t16-/m0/s1. The first-order valence-electron chi connectivity index (χ1n) is 10.5. The molecule has 1 aromatic heterocycles. The molecular weight excluding hydrogens is 394 g/mol. The number of ether oxygens (including phenoxy) is 1. The molecule has 1 fully saturated rings. The van der Waals surface area contributed by atoms with Gasteiger partial charge in [-0.1, -0.05) is 43.3 Å². The van der Waals surface area contributed by atoms with E-state index in [-0.39, 0.29) is 29.1 Å². The molecule has 6 nitrogen and oxygen atoms in total. The summed E-state index contributed by atoms with van der Waals surface area (Å²) in [4.78, 5) is 39.9. The zero-order valence-corrected chi connectivity index (χ0v) is 17.7. The minimum Gasteiger partial charge on any atom is -0.455 e. The maximum Gasteiger partial charge on any atom is 0.342 e. The van der Waals surface area contributed by atoms with Gasteiger partial charge in [-0.15, -0.1) is 0 Å². The highest BCUT2D eigenvalue weighted by molar-refractivity contribution is 6.02. The Morgan fingerprint density at radius 3 is 2.65 bits per heavy atom. The quantitative estimate of drug-likeness (QED) is 0.593. The van der Waals surface area contributed by atoms with E-state index < -0.39 is 5.97 Å². The molecule has 0 N–H and O–H groups in total. The predicted octanol–water partition coefficient (Wildman–Crippen LogP) is 4.18. The van der Waals surface area contributed by atoms with Crippen LogP contribution in [0.2, 0.25) is 0 Å². The molecule has 4 rings (SSSR count). The molecule has 0 spiro atoms. The van der Waals surface area contributed by atoms with Crippen molar-refractivity contribution in [2.45, 2.75) is 26.7 Å². The largest absolute Gasteiger partial charge is 0.455 e. The van der Waals surface area contributed by atoms with Crippen LogP contribution in [0.5, 0.6) is 0 Å². The number of amides is 1. The summed E-state index contributed by atoms with van der Waals surface area (Å²) in [7, 11) is 0. The van der Waals surface area contributed by atoms with Gasteiger partial charge in [0.15, 0.2) is 17.6 Å². The summed E-state index contributed by atoms with van der Waals surface area (Å²) in [6, 6.07) is 14.1. The van der Waals surface area contributed by atoms with Crippen molar-refractivity contribution in [3.8, 4) is 11.3 Å². The van der Waals surface area contributed by atoms with Crippen LogP contribution in [0.15, 0.2) is 57.7 Å². The van der Waals surface area contributed by atoms with Gasteiger partial charge in [0.1, 0.15) is 11.3 Å². The number of piperidine rings is 1. The minimum absolute atomic E-state index is 0.131. The lowest BCUT2D eigenvalue weighted by atomic mass is 10.0. The first-order valence-corrected chi connectivity index (χ1v) is 10.5. The Labute approximate surface area is 180 Å². The first-order chi connectivity index (χ1) is 15.0. The fourth-order valence-corrected chi connectivity index (χ4v) is 4.05. The number of hydrogen-bond donors (Lipinski definition) is 0. The number of carbonyl (C=O) groups is 2. The van der Waals surface area contributed by atoms with Gasteiger partial charge >= 0.3 is 5.97 Å². The molecule has 1 atom stereocenters. The highest BCUT2D eigenvalue weighted by atomic mass is 16.5. The normalized spacial score (nSPS) is 16.3. The third kappa shape index (κ3) is 4.24. The monoisotopic (exact) mass is 419 g/mol. The Morgan fingerprint density at radius 1 is 1.13 bits per heavy atom. The number of nitrogens with zero attached hydrogens (tertiary/aromatic N) is 1. The van der Waals surface area contributed by atoms with Crippen LogP contribution in [0.1, 0.15) is 35.7 Å². The van der Waals surface area contributed by atoms with Gasteiger partial charge in [-0.3, -0.25) is 9.59 Å². The number of fused-ring (bicyclic) bond motifs is 1. The lowest BCUT2D eigenvalue weighted by molar-refractivity contribution is -0.136. The van der Waals surface area contributed by atoms with Crippen LogP contribution in [-0.4, -0.2) is 36.5 Å². The fourth-order valence-electron chi connectivity index (χ4n) is 4.05. The van der Waals surface area contributed by atoms with Gasteiger partial charge in [0.05, 0.1) is 5.39 Å². The number of hydrogen-bond acceptors (Lipinski definition) is 5. The SMILES string of the molecule is Cc1c(-c2ccccc2)oc2c(C(=O)OCC(=O)N3CCC[C@H](C)C3)cccc2c1=O. The summed E-state index contributed by atoms with van der Waals surface area (Å²) in [6.45, 7) is 4.85. The molecule has 3 aromatic rings. The Bertz CT molecular complexity index is 1180. The maximum atomic E-state index is 12.9. The molecule has 0 unspecified atom stereocenters. The number of benzene rings is 2. The maximum absolute atomic E-state index is 12.9. The van der Waals surface area contributed by atoms with Crippen LogP contribution in [0, 0.1) is 12.8 Å². The Hall–Kier alpha value is -3.41. The molecule has 31 heavy (non-hydrogen) atoms. The summed E-state index contributed by atoms with van der Waals surface area (Å²) in [5.74, 6) is -0.0328. The van der Waals surface area contributed by atoms with E-state index in [1.165, 1.54) is 0 Å². The molecule has 0 saturated carbocycles. The number of likely N-dealkylation sites (tertiary alicyclic amines) is 1. The highest BCUT2D eigenvalue weighted by Crippen LogP contribution is 2.27. The molecule has 160 valence electrons. The topological polar surface area (TPSA) is 76.8 Å². The predicted molar refractivity (Wildman–Crippen MR) is 118 cm³/mol. The van der Waals surface area contributed by atoms with Gasteiger partial charge < -0.3 is 14.1 Å². The number of para-hydroxylation sites is 1. The minimum atomic E-state index is -0.685. The zero-order chi connectivity index (χ0) is 22.0. The van der Waals surface area contributed by atoms with E-state index in [2.05, 4.69) is 6.92 Å². The van der Waals surface area contributed by atoms with Gasteiger partial charge in [-0.05, 0) is 37.8 Å². The first kappa shape index (κ1) is 20.8. The highest BCUT2D eigenvalue weighted by Gasteiger charge is 2.24. The van der Waals surface area contributed by atoms with Crippen LogP contribution in [0.3, 0.4) is 0 Å². The van der Waals surface area contributed by atoms with Gasteiger partial charge in [-0.2, -0.15) is 0 Å². The Kier molecular flexibility index (Phi) is 5.89. The third-order valence-electron chi connectivity index (χ3n) is 5.74. The molecule has 0 radical (unpaired) electrons. The lowest BCUT2D eigenvalue weighted by Crippen LogP contribution is -2.41. The fraction of sp³-hybridized carbons (Fsp3) is 0.320. The number of carbonyl (C=O) groups excluding carboxylic acids is 2. The molecule has 2 heterocycles. The summed E-state index contributed by atoms with van der Waals surface area (Å²) in [6.07, 6.45) is 2.05. The summed E-state index contributed by atoms with van der Waals surface area (Å²) >= 11 is 0. The Balaban J connectivity index is 1.63. The third-order valence-corrected chi connectivity index (χ3v) is 5.74. The molecule has 0 aliphatic carbocycles. The molecule has 6 heteroatoms. The van der Waals surface area contributed by atoms with Crippen molar-refractivity contribution in [1.82, 2.24) is 4.90 Å². The molecular formula is C25H25NO5. The van der Waals surface area contributed by atoms with Crippen molar-refractivity contribution in [2.75, 3.05) is 19.7 Å². The molecule has 1 saturated heterocycles. The summed E-state index contributed by atoms with van der Waals surface area (Å²) in [5, 5.41) is 0.308. The summed E-state index contributed by atoms with van der Waals surface area (Å²) in [5.41, 5.74) is 1.32. The number of rotatable bonds is 4. The number of esters is 1. The average Bonchev–Trinajstić information content (AvgIpc) is 2.79.